The number of urea groups is 1. The predicted octanol–water partition coefficient (Wildman–Crippen LogP) is 2.14. The Morgan fingerprint density at radius 2 is 1.96 bits per heavy atom. The van der Waals surface area contributed by atoms with Gasteiger partial charge in [0.15, 0.2) is 0 Å². The van der Waals surface area contributed by atoms with Crippen molar-refractivity contribution in [3.05, 3.63) is 59.2 Å². The van der Waals surface area contributed by atoms with E-state index in [0.29, 0.717) is 10.6 Å². The molecule has 25 heavy (non-hydrogen) atoms. The van der Waals surface area contributed by atoms with Crippen molar-refractivity contribution < 1.29 is 14.4 Å². The molecule has 1 aromatic heterocycles. The standard InChI is InChI=1S/C17H15ClN4O3/c1-17(11-5-3-2-4-6-11)15(24)22(16(25)21-17)10-14(23)20-13-8-7-12(18)9-19-13/h2-9H,10H2,1H3,(H,21,25)(H,19,20,23). The fourth-order valence-electron chi connectivity index (χ4n) is 2.58. The molecule has 3 rings (SSSR count). The number of halogens is 1. The lowest BCUT2D eigenvalue weighted by Crippen LogP contribution is -2.42. The summed E-state index contributed by atoms with van der Waals surface area (Å²) < 4.78 is 0. The van der Waals surface area contributed by atoms with Crippen LogP contribution in [0, 0.1) is 0 Å². The van der Waals surface area contributed by atoms with Gasteiger partial charge in [-0.05, 0) is 24.6 Å². The van der Waals surface area contributed by atoms with Gasteiger partial charge < -0.3 is 10.6 Å². The third-order valence-corrected chi connectivity index (χ3v) is 4.15. The summed E-state index contributed by atoms with van der Waals surface area (Å²) in [4.78, 5) is 41.8. The molecule has 1 aromatic carbocycles. The van der Waals surface area contributed by atoms with Gasteiger partial charge in [0.25, 0.3) is 5.91 Å². The average Bonchev–Trinajstić information content (AvgIpc) is 2.82. The molecule has 2 N–H and O–H groups in total. The quantitative estimate of drug-likeness (QED) is 0.819. The number of amides is 4. The Bertz CT molecular complexity index is 826. The number of rotatable bonds is 4. The summed E-state index contributed by atoms with van der Waals surface area (Å²) in [5.74, 6) is -0.731. The van der Waals surface area contributed by atoms with E-state index in [1.54, 1.807) is 37.3 Å². The number of pyridine rings is 1. The van der Waals surface area contributed by atoms with Crippen LogP contribution in [-0.2, 0) is 15.1 Å². The minimum Gasteiger partial charge on any atom is -0.319 e. The summed E-state index contributed by atoms with van der Waals surface area (Å²) >= 11 is 5.73. The number of imide groups is 1. The number of benzene rings is 1. The maximum Gasteiger partial charge on any atom is 0.325 e. The van der Waals surface area contributed by atoms with Crippen LogP contribution in [0.15, 0.2) is 48.7 Å². The van der Waals surface area contributed by atoms with E-state index in [0.717, 1.165) is 4.90 Å². The van der Waals surface area contributed by atoms with Crippen LogP contribution < -0.4 is 10.6 Å². The molecule has 7 nitrogen and oxygen atoms in total. The van der Waals surface area contributed by atoms with Crippen LogP contribution in [-0.4, -0.2) is 34.3 Å². The molecule has 4 amide bonds. The first-order valence-corrected chi connectivity index (χ1v) is 7.89. The first kappa shape index (κ1) is 16.9. The average molecular weight is 359 g/mol. The lowest BCUT2D eigenvalue weighted by Gasteiger charge is -2.22. The third-order valence-electron chi connectivity index (χ3n) is 3.92. The monoisotopic (exact) mass is 358 g/mol. The Labute approximate surface area is 149 Å². The van der Waals surface area contributed by atoms with Crippen molar-refractivity contribution in [1.29, 1.82) is 0 Å². The number of anilines is 1. The molecule has 0 saturated carbocycles. The number of hydrogen-bond acceptors (Lipinski definition) is 4. The van der Waals surface area contributed by atoms with Crippen molar-refractivity contribution in [1.82, 2.24) is 15.2 Å². The smallest absolute Gasteiger partial charge is 0.319 e. The summed E-state index contributed by atoms with van der Waals surface area (Å²) in [7, 11) is 0. The zero-order valence-electron chi connectivity index (χ0n) is 13.3. The van der Waals surface area contributed by atoms with Crippen molar-refractivity contribution in [2.45, 2.75) is 12.5 Å². The van der Waals surface area contributed by atoms with Gasteiger partial charge in [0, 0.05) is 6.20 Å². The van der Waals surface area contributed by atoms with Gasteiger partial charge in [0.05, 0.1) is 5.02 Å². The van der Waals surface area contributed by atoms with Crippen molar-refractivity contribution in [2.24, 2.45) is 0 Å². The van der Waals surface area contributed by atoms with Gasteiger partial charge in [0.1, 0.15) is 17.9 Å². The molecule has 0 radical (unpaired) electrons. The normalized spacial score (nSPS) is 19.7. The molecule has 0 spiro atoms. The molecule has 0 aliphatic carbocycles. The molecule has 1 unspecified atom stereocenters. The molecule has 1 aliphatic heterocycles. The highest BCUT2D eigenvalue weighted by Crippen LogP contribution is 2.28. The van der Waals surface area contributed by atoms with E-state index in [9.17, 15) is 14.4 Å². The molecule has 2 aromatic rings. The second kappa shape index (κ2) is 6.52. The maximum absolute atomic E-state index is 12.7. The number of hydrogen-bond donors (Lipinski definition) is 2. The van der Waals surface area contributed by atoms with E-state index >= 15 is 0 Å². The van der Waals surface area contributed by atoms with Gasteiger partial charge in [-0.1, -0.05) is 41.9 Å². The summed E-state index contributed by atoms with van der Waals surface area (Å²) in [6, 6.07) is 11.4. The fraction of sp³-hybridized carbons (Fsp3) is 0.176. The lowest BCUT2D eigenvalue weighted by atomic mass is 9.92. The SMILES string of the molecule is CC1(c2ccccc2)NC(=O)N(CC(=O)Nc2ccc(Cl)cn2)C1=O. The third kappa shape index (κ3) is 3.32. The number of carbonyl (C=O) groups excluding carboxylic acids is 3. The zero-order chi connectivity index (χ0) is 18.0. The molecular weight excluding hydrogens is 344 g/mol. The first-order chi connectivity index (χ1) is 11.9. The Morgan fingerprint density at radius 1 is 1.24 bits per heavy atom. The van der Waals surface area contributed by atoms with E-state index in [-0.39, 0.29) is 5.82 Å². The maximum atomic E-state index is 12.7. The first-order valence-electron chi connectivity index (χ1n) is 7.51. The fourth-order valence-corrected chi connectivity index (χ4v) is 2.70. The van der Waals surface area contributed by atoms with Crippen LogP contribution in [0.4, 0.5) is 10.6 Å². The molecular formula is C17H15ClN4O3. The lowest BCUT2D eigenvalue weighted by molar-refractivity contribution is -0.133. The highest BCUT2D eigenvalue weighted by molar-refractivity contribution is 6.30. The molecule has 128 valence electrons. The number of nitrogens with one attached hydrogen (secondary N) is 2. The van der Waals surface area contributed by atoms with Crippen LogP contribution in [0.3, 0.4) is 0 Å². The number of aromatic nitrogens is 1. The molecule has 0 bridgehead atoms. The van der Waals surface area contributed by atoms with Crippen LogP contribution in [0.25, 0.3) is 0 Å². The number of nitrogens with zero attached hydrogens (tertiary/aromatic N) is 2. The highest BCUT2D eigenvalue weighted by atomic mass is 35.5. The molecule has 1 fully saturated rings. The molecule has 8 heteroatoms. The Hall–Kier alpha value is -2.93. The van der Waals surface area contributed by atoms with Gasteiger partial charge in [-0.15, -0.1) is 0 Å². The van der Waals surface area contributed by atoms with E-state index < -0.39 is 29.9 Å². The van der Waals surface area contributed by atoms with E-state index in [1.807, 2.05) is 6.07 Å². The van der Waals surface area contributed by atoms with Gasteiger partial charge >= 0.3 is 6.03 Å². The Balaban J connectivity index is 1.72. The van der Waals surface area contributed by atoms with Crippen LogP contribution >= 0.6 is 11.6 Å². The van der Waals surface area contributed by atoms with Gasteiger partial charge in [-0.25, -0.2) is 9.78 Å². The largest absolute Gasteiger partial charge is 0.325 e. The van der Waals surface area contributed by atoms with Gasteiger partial charge in [-0.2, -0.15) is 0 Å². The Kier molecular flexibility index (Phi) is 4.41. The predicted molar refractivity (Wildman–Crippen MR) is 91.9 cm³/mol. The highest BCUT2D eigenvalue weighted by Gasteiger charge is 2.49. The second-order valence-electron chi connectivity index (χ2n) is 5.72. The van der Waals surface area contributed by atoms with E-state index in [4.69, 9.17) is 11.6 Å². The van der Waals surface area contributed by atoms with Crippen molar-refractivity contribution in [2.75, 3.05) is 11.9 Å². The van der Waals surface area contributed by atoms with Gasteiger partial charge in [0.2, 0.25) is 5.91 Å². The minimum atomic E-state index is -1.20. The van der Waals surface area contributed by atoms with Crippen molar-refractivity contribution >= 4 is 35.3 Å². The topological polar surface area (TPSA) is 91.4 Å². The van der Waals surface area contributed by atoms with Gasteiger partial charge in [-0.3, -0.25) is 14.5 Å². The summed E-state index contributed by atoms with van der Waals surface area (Å²) in [6.07, 6.45) is 1.39. The van der Waals surface area contributed by atoms with Crippen LogP contribution in [0.2, 0.25) is 5.02 Å². The zero-order valence-corrected chi connectivity index (χ0v) is 14.1. The summed E-state index contributed by atoms with van der Waals surface area (Å²) in [5.41, 5.74) is -0.549. The molecule has 1 saturated heterocycles. The molecule has 1 aliphatic rings. The summed E-state index contributed by atoms with van der Waals surface area (Å²) in [6.45, 7) is 1.21. The Morgan fingerprint density at radius 3 is 2.60 bits per heavy atom. The second-order valence-corrected chi connectivity index (χ2v) is 6.16. The molecule has 1 atom stereocenters. The van der Waals surface area contributed by atoms with E-state index in [1.165, 1.54) is 12.3 Å². The number of carbonyl (C=O) groups is 3. The molecule has 2 heterocycles. The van der Waals surface area contributed by atoms with Crippen molar-refractivity contribution in [3.8, 4) is 0 Å². The van der Waals surface area contributed by atoms with Crippen molar-refractivity contribution in [3.63, 3.8) is 0 Å². The summed E-state index contributed by atoms with van der Waals surface area (Å²) in [5, 5.41) is 5.61. The van der Waals surface area contributed by atoms with Crippen LogP contribution in [0.5, 0.6) is 0 Å². The van der Waals surface area contributed by atoms with E-state index in [2.05, 4.69) is 15.6 Å². The minimum absolute atomic E-state index is 0.285. The van der Waals surface area contributed by atoms with Crippen LogP contribution in [0.1, 0.15) is 12.5 Å².